The van der Waals surface area contributed by atoms with Crippen molar-refractivity contribution in [1.82, 2.24) is 10.1 Å². The molecular formula is C8H11N3O3. The Morgan fingerprint density at radius 2 is 2.50 bits per heavy atom. The van der Waals surface area contributed by atoms with Crippen molar-refractivity contribution >= 4 is 12.0 Å². The fourth-order valence-electron chi connectivity index (χ4n) is 1.66. The molecule has 1 aliphatic rings. The molecule has 6 nitrogen and oxygen atoms in total. The largest absolute Gasteiger partial charge is 0.480 e. The number of anilines is 1. The molecule has 1 fully saturated rings. The third kappa shape index (κ3) is 1.43. The van der Waals surface area contributed by atoms with Crippen molar-refractivity contribution < 1.29 is 14.4 Å². The van der Waals surface area contributed by atoms with Gasteiger partial charge in [0, 0.05) is 6.54 Å². The highest BCUT2D eigenvalue weighted by molar-refractivity contribution is 5.77. The number of carboxylic acid groups (broad SMARTS) is 1. The Morgan fingerprint density at radius 3 is 3.07 bits per heavy atom. The number of carboxylic acids is 1. The first-order valence-electron chi connectivity index (χ1n) is 4.48. The summed E-state index contributed by atoms with van der Waals surface area (Å²) < 4.78 is 4.93. The molecule has 1 aliphatic heterocycles. The van der Waals surface area contributed by atoms with Gasteiger partial charge in [0.15, 0.2) is 5.82 Å². The molecule has 0 aromatic carbocycles. The van der Waals surface area contributed by atoms with Crippen molar-refractivity contribution in [2.24, 2.45) is 0 Å². The first kappa shape index (κ1) is 8.98. The molecule has 0 spiro atoms. The maximum atomic E-state index is 10.9. The molecule has 0 bridgehead atoms. The Morgan fingerprint density at radius 1 is 1.71 bits per heavy atom. The molecule has 6 heteroatoms. The summed E-state index contributed by atoms with van der Waals surface area (Å²) in [5, 5.41) is 12.6. The summed E-state index contributed by atoms with van der Waals surface area (Å²) in [7, 11) is 0. The summed E-state index contributed by atoms with van der Waals surface area (Å²) in [6, 6.07) is -0.206. The van der Waals surface area contributed by atoms with Gasteiger partial charge in [-0.05, 0) is 19.8 Å². The van der Waals surface area contributed by atoms with E-state index in [1.807, 2.05) is 0 Å². The van der Waals surface area contributed by atoms with E-state index in [1.165, 1.54) is 0 Å². The fraction of sp³-hybridized carbons (Fsp3) is 0.625. The van der Waals surface area contributed by atoms with Gasteiger partial charge in [-0.15, -0.1) is 0 Å². The first-order chi connectivity index (χ1) is 6.68. The van der Waals surface area contributed by atoms with Crippen LogP contribution < -0.4 is 4.90 Å². The Labute approximate surface area is 80.5 Å². The molecule has 0 aliphatic carbocycles. The molecule has 1 unspecified atom stereocenters. The van der Waals surface area contributed by atoms with Crippen LogP contribution in [0, 0.1) is 6.92 Å². The highest BCUT2D eigenvalue weighted by Crippen LogP contribution is 2.23. The zero-order valence-electron chi connectivity index (χ0n) is 7.80. The third-order valence-corrected chi connectivity index (χ3v) is 2.30. The lowest BCUT2D eigenvalue weighted by molar-refractivity contribution is -0.138. The van der Waals surface area contributed by atoms with E-state index >= 15 is 0 Å². The van der Waals surface area contributed by atoms with Gasteiger partial charge in [-0.1, -0.05) is 5.16 Å². The van der Waals surface area contributed by atoms with Crippen molar-refractivity contribution in [3.8, 4) is 0 Å². The van der Waals surface area contributed by atoms with Gasteiger partial charge in [0.1, 0.15) is 6.04 Å². The average molecular weight is 197 g/mol. The topological polar surface area (TPSA) is 79.5 Å². The van der Waals surface area contributed by atoms with Crippen LogP contribution in [0.4, 0.5) is 6.01 Å². The van der Waals surface area contributed by atoms with Crippen molar-refractivity contribution in [2.75, 3.05) is 11.4 Å². The molecule has 14 heavy (non-hydrogen) atoms. The average Bonchev–Trinajstić information content (AvgIpc) is 2.70. The minimum Gasteiger partial charge on any atom is -0.480 e. The minimum absolute atomic E-state index is 0.312. The van der Waals surface area contributed by atoms with Crippen LogP contribution in [0.3, 0.4) is 0 Å². The van der Waals surface area contributed by atoms with Gasteiger partial charge in [-0.3, -0.25) is 0 Å². The monoisotopic (exact) mass is 197 g/mol. The molecule has 1 atom stereocenters. The van der Waals surface area contributed by atoms with E-state index in [0.717, 1.165) is 6.42 Å². The maximum Gasteiger partial charge on any atom is 0.326 e. The third-order valence-electron chi connectivity index (χ3n) is 2.30. The molecule has 0 radical (unpaired) electrons. The molecule has 0 amide bonds. The number of aryl methyl sites for hydroxylation is 1. The number of hydrogen-bond acceptors (Lipinski definition) is 5. The van der Waals surface area contributed by atoms with Crippen molar-refractivity contribution in [3.05, 3.63) is 5.82 Å². The molecular weight excluding hydrogens is 186 g/mol. The number of aromatic nitrogens is 2. The van der Waals surface area contributed by atoms with Crippen LogP contribution in [0.15, 0.2) is 4.52 Å². The van der Waals surface area contributed by atoms with Gasteiger partial charge in [-0.2, -0.15) is 4.98 Å². The van der Waals surface area contributed by atoms with Crippen LogP contribution in [0.1, 0.15) is 18.7 Å². The molecule has 0 saturated carbocycles. The normalized spacial score (nSPS) is 21.5. The fourth-order valence-corrected chi connectivity index (χ4v) is 1.66. The van der Waals surface area contributed by atoms with E-state index in [0.29, 0.717) is 24.8 Å². The zero-order chi connectivity index (χ0) is 10.1. The van der Waals surface area contributed by atoms with Crippen LogP contribution >= 0.6 is 0 Å². The van der Waals surface area contributed by atoms with E-state index in [4.69, 9.17) is 9.63 Å². The number of hydrogen-bond donors (Lipinski definition) is 1. The highest BCUT2D eigenvalue weighted by atomic mass is 16.5. The predicted octanol–water partition coefficient (Wildman–Crippen LogP) is 0.431. The maximum absolute atomic E-state index is 10.9. The van der Waals surface area contributed by atoms with Crippen molar-refractivity contribution in [1.29, 1.82) is 0 Å². The molecule has 1 N–H and O–H groups in total. The van der Waals surface area contributed by atoms with Gasteiger partial charge in [0.25, 0.3) is 0 Å². The highest BCUT2D eigenvalue weighted by Gasteiger charge is 2.33. The Kier molecular flexibility index (Phi) is 2.11. The Bertz CT molecular complexity index is 349. The molecule has 2 heterocycles. The molecule has 1 aromatic heterocycles. The lowest BCUT2D eigenvalue weighted by Gasteiger charge is -2.17. The summed E-state index contributed by atoms with van der Waals surface area (Å²) in [4.78, 5) is 16.5. The van der Waals surface area contributed by atoms with E-state index in [-0.39, 0.29) is 0 Å². The number of aliphatic carboxylic acids is 1. The predicted molar refractivity (Wildman–Crippen MR) is 47.0 cm³/mol. The standard InChI is InChI=1S/C8H11N3O3/c1-5-9-8(14-10-5)11-4-2-3-6(11)7(12)13/h6H,2-4H2,1H3,(H,12,13). The van der Waals surface area contributed by atoms with Crippen LogP contribution in [0.5, 0.6) is 0 Å². The van der Waals surface area contributed by atoms with Crippen LogP contribution in [-0.2, 0) is 4.79 Å². The SMILES string of the molecule is Cc1noc(N2CCCC2C(=O)O)n1. The second kappa shape index (κ2) is 3.28. The van der Waals surface area contributed by atoms with E-state index in [9.17, 15) is 4.79 Å². The minimum atomic E-state index is -0.835. The second-order valence-electron chi connectivity index (χ2n) is 3.31. The molecule has 1 saturated heterocycles. The lowest BCUT2D eigenvalue weighted by atomic mass is 10.2. The van der Waals surface area contributed by atoms with Crippen LogP contribution in [0.25, 0.3) is 0 Å². The van der Waals surface area contributed by atoms with Crippen molar-refractivity contribution in [2.45, 2.75) is 25.8 Å². The summed E-state index contributed by atoms with van der Waals surface area (Å²) in [5.74, 6) is -0.311. The summed E-state index contributed by atoms with van der Waals surface area (Å²) in [6.07, 6.45) is 1.48. The van der Waals surface area contributed by atoms with Gasteiger partial charge >= 0.3 is 12.0 Å². The van der Waals surface area contributed by atoms with E-state index in [1.54, 1.807) is 11.8 Å². The summed E-state index contributed by atoms with van der Waals surface area (Å²) >= 11 is 0. The quantitative estimate of drug-likeness (QED) is 0.740. The van der Waals surface area contributed by atoms with Crippen molar-refractivity contribution in [3.63, 3.8) is 0 Å². The molecule has 1 aromatic rings. The lowest BCUT2D eigenvalue weighted by Crippen LogP contribution is -2.36. The summed E-state index contributed by atoms with van der Waals surface area (Å²) in [6.45, 7) is 2.37. The Hall–Kier alpha value is -1.59. The van der Waals surface area contributed by atoms with Crippen LogP contribution in [0.2, 0.25) is 0 Å². The second-order valence-corrected chi connectivity index (χ2v) is 3.31. The smallest absolute Gasteiger partial charge is 0.326 e. The van der Waals surface area contributed by atoms with E-state index in [2.05, 4.69) is 10.1 Å². The number of nitrogens with zero attached hydrogens (tertiary/aromatic N) is 3. The zero-order valence-corrected chi connectivity index (χ0v) is 7.80. The first-order valence-corrected chi connectivity index (χ1v) is 4.48. The van der Waals surface area contributed by atoms with Gasteiger partial charge in [0.2, 0.25) is 0 Å². The van der Waals surface area contributed by atoms with E-state index < -0.39 is 12.0 Å². The summed E-state index contributed by atoms with van der Waals surface area (Å²) in [5.41, 5.74) is 0. The van der Waals surface area contributed by atoms with Gasteiger partial charge in [-0.25, -0.2) is 4.79 Å². The van der Waals surface area contributed by atoms with Gasteiger partial charge < -0.3 is 14.5 Å². The molecule has 2 rings (SSSR count). The Balaban J connectivity index is 2.21. The number of rotatable bonds is 2. The van der Waals surface area contributed by atoms with Crippen LogP contribution in [-0.4, -0.2) is 33.8 Å². The van der Waals surface area contributed by atoms with Gasteiger partial charge in [0.05, 0.1) is 0 Å². The number of carbonyl (C=O) groups is 1. The molecule has 76 valence electrons.